The third-order valence-corrected chi connectivity index (χ3v) is 3.66. The van der Waals surface area contributed by atoms with Gasteiger partial charge in [-0.1, -0.05) is 0 Å². The molecular weight excluding hydrogens is 218 g/mol. The first kappa shape index (κ1) is 10.8. The van der Waals surface area contributed by atoms with Crippen LogP contribution in [0.1, 0.15) is 31.5 Å². The average molecular weight is 235 g/mol. The number of likely N-dealkylation sites (tertiary alicyclic amines) is 1. The molecule has 1 spiro atoms. The molecule has 2 saturated heterocycles. The Morgan fingerprint density at radius 3 is 3.18 bits per heavy atom. The molecule has 0 bridgehead atoms. The van der Waals surface area contributed by atoms with Crippen LogP contribution < -0.4 is 0 Å². The number of carbonyl (C=O) groups excluding carboxylic acids is 1. The lowest BCUT2D eigenvalue weighted by atomic mass is 9.90. The summed E-state index contributed by atoms with van der Waals surface area (Å²) in [5.41, 5.74) is -0.206. The number of hydrogen-bond donors (Lipinski definition) is 1. The molecule has 92 valence electrons. The van der Waals surface area contributed by atoms with Crippen LogP contribution >= 0.6 is 0 Å². The molecule has 5 heteroatoms. The topological polar surface area (TPSA) is 58.2 Å². The van der Waals surface area contributed by atoms with E-state index in [1.165, 1.54) is 0 Å². The van der Waals surface area contributed by atoms with Crippen LogP contribution in [0.4, 0.5) is 0 Å². The van der Waals surface area contributed by atoms with Gasteiger partial charge in [0.15, 0.2) is 0 Å². The molecule has 1 aromatic heterocycles. The molecule has 1 N–H and O–H groups in total. The Kier molecular flexibility index (Phi) is 2.63. The summed E-state index contributed by atoms with van der Waals surface area (Å²) in [6.07, 6.45) is 7.16. The van der Waals surface area contributed by atoms with Gasteiger partial charge in [0.1, 0.15) is 11.4 Å². The van der Waals surface area contributed by atoms with Crippen molar-refractivity contribution in [3.63, 3.8) is 0 Å². The van der Waals surface area contributed by atoms with Crippen molar-refractivity contribution in [1.29, 1.82) is 0 Å². The summed E-state index contributed by atoms with van der Waals surface area (Å²) in [5.74, 6) is 0.941. The van der Waals surface area contributed by atoms with Crippen LogP contribution in [0, 0.1) is 0 Å². The molecule has 2 aliphatic rings. The van der Waals surface area contributed by atoms with E-state index in [-0.39, 0.29) is 11.6 Å². The van der Waals surface area contributed by atoms with Gasteiger partial charge >= 0.3 is 5.97 Å². The van der Waals surface area contributed by atoms with E-state index >= 15 is 0 Å². The number of H-pyrrole nitrogens is 1. The van der Waals surface area contributed by atoms with Crippen molar-refractivity contribution >= 4 is 5.97 Å². The number of hydrogen-bond acceptors (Lipinski definition) is 4. The van der Waals surface area contributed by atoms with Crippen LogP contribution in [-0.2, 0) is 16.1 Å². The highest BCUT2D eigenvalue weighted by Crippen LogP contribution is 2.35. The number of nitrogens with one attached hydrogen (secondary N) is 1. The van der Waals surface area contributed by atoms with Gasteiger partial charge in [-0.3, -0.25) is 9.69 Å². The normalized spacial score (nSPS) is 29.8. The van der Waals surface area contributed by atoms with E-state index in [1.54, 1.807) is 6.20 Å². The second kappa shape index (κ2) is 4.14. The number of carbonyl (C=O) groups is 1. The fourth-order valence-corrected chi connectivity index (χ4v) is 2.88. The van der Waals surface area contributed by atoms with Gasteiger partial charge in [-0.05, 0) is 25.8 Å². The number of nitrogens with zero attached hydrogens (tertiary/aromatic N) is 2. The molecule has 2 aliphatic heterocycles. The fourth-order valence-electron chi connectivity index (χ4n) is 2.88. The zero-order chi connectivity index (χ0) is 11.7. The lowest BCUT2D eigenvalue weighted by Crippen LogP contribution is -2.47. The highest BCUT2D eigenvalue weighted by molar-refractivity contribution is 5.72. The Morgan fingerprint density at radius 1 is 1.53 bits per heavy atom. The van der Waals surface area contributed by atoms with Crippen molar-refractivity contribution in [1.82, 2.24) is 14.9 Å². The molecule has 0 unspecified atom stereocenters. The van der Waals surface area contributed by atoms with Crippen molar-refractivity contribution < 1.29 is 9.53 Å². The summed E-state index contributed by atoms with van der Waals surface area (Å²) in [4.78, 5) is 20.9. The number of aromatic amines is 1. The molecule has 2 fully saturated rings. The third kappa shape index (κ3) is 2.20. The minimum Gasteiger partial charge on any atom is -0.458 e. The molecule has 0 saturated carbocycles. The van der Waals surface area contributed by atoms with Crippen molar-refractivity contribution in [2.75, 3.05) is 13.1 Å². The Morgan fingerprint density at radius 2 is 2.47 bits per heavy atom. The Balaban J connectivity index is 1.65. The highest BCUT2D eigenvalue weighted by atomic mass is 16.6. The SMILES string of the molecule is O=C1CC[C@@]2(CCCN(Cc3ncc[nH]3)C2)O1. The maximum absolute atomic E-state index is 11.3. The summed E-state index contributed by atoms with van der Waals surface area (Å²) in [5, 5.41) is 0. The summed E-state index contributed by atoms with van der Waals surface area (Å²) in [6.45, 7) is 2.71. The molecule has 0 aromatic carbocycles. The predicted octanol–water partition coefficient (Wildman–Crippen LogP) is 1.08. The molecule has 1 aromatic rings. The second-order valence-electron chi connectivity index (χ2n) is 5.01. The van der Waals surface area contributed by atoms with E-state index in [1.807, 2.05) is 6.20 Å². The number of ether oxygens (including phenoxy) is 1. The van der Waals surface area contributed by atoms with Gasteiger partial charge in [-0.15, -0.1) is 0 Å². The average Bonchev–Trinajstić information content (AvgIpc) is 2.90. The minimum absolute atomic E-state index is 0.0372. The minimum atomic E-state index is -0.206. The van der Waals surface area contributed by atoms with Crippen molar-refractivity contribution in [2.45, 2.75) is 37.8 Å². The molecule has 0 amide bonds. The largest absolute Gasteiger partial charge is 0.458 e. The first-order valence-corrected chi connectivity index (χ1v) is 6.18. The number of imidazole rings is 1. The van der Waals surface area contributed by atoms with Crippen LogP contribution in [0.3, 0.4) is 0 Å². The third-order valence-electron chi connectivity index (χ3n) is 3.66. The van der Waals surface area contributed by atoms with E-state index in [0.717, 1.165) is 44.7 Å². The molecule has 1 atom stereocenters. The lowest BCUT2D eigenvalue weighted by molar-refractivity contribution is -0.152. The number of aromatic nitrogens is 2. The first-order chi connectivity index (χ1) is 8.26. The highest BCUT2D eigenvalue weighted by Gasteiger charge is 2.43. The number of piperidine rings is 1. The van der Waals surface area contributed by atoms with E-state index in [0.29, 0.717) is 6.42 Å². The summed E-state index contributed by atoms with van der Waals surface area (Å²) in [7, 11) is 0. The lowest BCUT2D eigenvalue weighted by Gasteiger charge is -2.38. The molecule has 3 heterocycles. The summed E-state index contributed by atoms with van der Waals surface area (Å²) >= 11 is 0. The predicted molar refractivity (Wildman–Crippen MR) is 61.2 cm³/mol. The fraction of sp³-hybridized carbons (Fsp3) is 0.667. The van der Waals surface area contributed by atoms with Crippen LogP contribution in [0.2, 0.25) is 0 Å². The van der Waals surface area contributed by atoms with Crippen LogP contribution in [0.5, 0.6) is 0 Å². The van der Waals surface area contributed by atoms with Gasteiger partial charge in [-0.25, -0.2) is 4.98 Å². The summed E-state index contributed by atoms with van der Waals surface area (Å²) in [6, 6.07) is 0. The number of esters is 1. The van der Waals surface area contributed by atoms with Gasteiger partial charge < -0.3 is 9.72 Å². The standard InChI is InChI=1S/C12H17N3O2/c16-11-2-4-12(17-11)3-1-7-15(9-12)8-10-13-5-6-14-10/h5-6H,1-4,7-9H2,(H,13,14)/t12-/m1/s1. The van der Waals surface area contributed by atoms with Crippen LogP contribution in [0.25, 0.3) is 0 Å². The molecule has 0 aliphatic carbocycles. The van der Waals surface area contributed by atoms with Crippen LogP contribution in [-0.4, -0.2) is 39.5 Å². The van der Waals surface area contributed by atoms with Gasteiger partial charge in [0.05, 0.1) is 6.54 Å². The quantitative estimate of drug-likeness (QED) is 0.779. The molecular formula is C12H17N3O2. The molecule has 5 nitrogen and oxygen atoms in total. The second-order valence-corrected chi connectivity index (χ2v) is 5.01. The number of rotatable bonds is 2. The van der Waals surface area contributed by atoms with E-state index in [9.17, 15) is 4.79 Å². The Labute approximate surface area is 100 Å². The first-order valence-electron chi connectivity index (χ1n) is 6.18. The monoisotopic (exact) mass is 235 g/mol. The zero-order valence-electron chi connectivity index (χ0n) is 9.82. The van der Waals surface area contributed by atoms with Crippen molar-refractivity contribution in [3.8, 4) is 0 Å². The van der Waals surface area contributed by atoms with Crippen LogP contribution in [0.15, 0.2) is 12.4 Å². The van der Waals surface area contributed by atoms with E-state index in [4.69, 9.17) is 4.74 Å². The Hall–Kier alpha value is -1.36. The maximum atomic E-state index is 11.3. The Bertz CT molecular complexity index is 404. The molecule has 17 heavy (non-hydrogen) atoms. The summed E-state index contributed by atoms with van der Waals surface area (Å²) < 4.78 is 5.53. The molecule has 0 radical (unpaired) electrons. The van der Waals surface area contributed by atoms with Gasteiger partial charge in [-0.2, -0.15) is 0 Å². The smallest absolute Gasteiger partial charge is 0.306 e. The molecule has 3 rings (SSSR count). The maximum Gasteiger partial charge on any atom is 0.306 e. The van der Waals surface area contributed by atoms with Crippen molar-refractivity contribution in [2.24, 2.45) is 0 Å². The van der Waals surface area contributed by atoms with Gasteiger partial charge in [0.2, 0.25) is 0 Å². The zero-order valence-corrected chi connectivity index (χ0v) is 9.82. The van der Waals surface area contributed by atoms with E-state index < -0.39 is 0 Å². The van der Waals surface area contributed by atoms with Crippen molar-refractivity contribution in [3.05, 3.63) is 18.2 Å². The van der Waals surface area contributed by atoms with E-state index in [2.05, 4.69) is 14.9 Å². The van der Waals surface area contributed by atoms with Gasteiger partial charge in [0, 0.05) is 25.4 Å². The van der Waals surface area contributed by atoms with Gasteiger partial charge in [0.25, 0.3) is 0 Å².